The quantitative estimate of drug-likeness (QED) is 0.753. The van der Waals surface area contributed by atoms with Gasteiger partial charge in [0.1, 0.15) is 6.04 Å². The maximum Gasteiger partial charge on any atom is 0.321 e. The molecular formula is C14H24N4O3. The first-order valence-corrected chi connectivity index (χ1v) is 7.02. The van der Waals surface area contributed by atoms with Gasteiger partial charge < -0.3 is 20.4 Å². The van der Waals surface area contributed by atoms with E-state index in [1.165, 1.54) is 11.0 Å². The molecule has 0 saturated carbocycles. The minimum Gasteiger partial charge on any atom is -0.368 e. The van der Waals surface area contributed by atoms with Crippen molar-refractivity contribution in [2.75, 3.05) is 26.8 Å². The summed E-state index contributed by atoms with van der Waals surface area (Å²) in [5.74, 6) is -0.811. The van der Waals surface area contributed by atoms with E-state index in [1.54, 1.807) is 16.8 Å². The molecule has 1 saturated heterocycles. The molecule has 0 spiro atoms. The molecule has 1 aliphatic heterocycles. The van der Waals surface area contributed by atoms with Gasteiger partial charge in [0.2, 0.25) is 11.8 Å². The predicted octanol–water partition coefficient (Wildman–Crippen LogP) is 0.226. The van der Waals surface area contributed by atoms with Gasteiger partial charge in [-0.3, -0.25) is 9.59 Å². The van der Waals surface area contributed by atoms with Crippen molar-refractivity contribution in [3.05, 3.63) is 12.7 Å². The molecular weight excluding hydrogens is 272 g/mol. The van der Waals surface area contributed by atoms with E-state index in [9.17, 15) is 14.4 Å². The van der Waals surface area contributed by atoms with Crippen molar-refractivity contribution in [3.63, 3.8) is 0 Å². The van der Waals surface area contributed by atoms with Crippen LogP contribution in [0.1, 0.15) is 20.3 Å². The third-order valence-electron chi connectivity index (χ3n) is 3.60. The van der Waals surface area contributed by atoms with Crippen LogP contribution in [0.25, 0.3) is 0 Å². The zero-order chi connectivity index (χ0) is 16.2. The molecule has 1 heterocycles. The molecule has 7 nitrogen and oxygen atoms in total. The Bertz CT molecular complexity index is 436. The number of rotatable bonds is 4. The largest absolute Gasteiger partial charge is 0.368 e. The fraction of sp³-hybridized carbons (Fsp3) is 0.643. The van der Waals surface area contributed by atoms with Crippen LogP contribution in [0.4, 0.5) is 4.79 Å². The van der Waals surface area contributed by atoms with Gasteiger partial charge in [-0.05, 0) is 18.4 Å². The average molecular weight is 296 g/mol. The number of likely N-dealkylation sites (N-methyl/N-ethyl adjacent to an activating group) is 1. The number of primary amides is 1. The SMILES string of the molecule is C=CC(=O)N1CCCN(C(=O)N(C)[C@H](C(N)=O)C(C)C)C1. The van der Waals surface area contributed by atoms with Gasteiger partial charge in [-0.2, -0.15) is 0 Å². The van der Waals surface area contributed by atoms with Gasteiger partial charge in [-0.15, -0.1) is 0 Å². The second kappa shape index (κ2) is 7.10. The molecule has 0 aromatic carbocycles. The van der Waals surface area contributed by atoms with E-state index >= 15 is 0 Å². The van der Waals surface area contributed by atoms with Crippen LogP contribution < -0.4 is 5.73 Å². The summed E-state index contributed by atoms with van der Waals surface area (Å²) < 4.78 is 0. The second-order valence-electron chi connectivity index (χ2n) is 5.55. The Morgan fingerprint density at radius 3 is 2.29 bits per heavy atom. The zero-order valence-corrected chi connectivity index (χ0v) is 12.9. The summed E-state index contributed by atoms with van der Waals surface area (Å²) >= 11 is 0. The minimum atomic E-state index is -0.664. The third-order valence-corrected chi connectivity index (χ3v) is 3.60. The van der Waals surface area contributed by atoms with Crippen molar-refractivity contribution in [1.29, 1.82) is 0 Å². The lowest BCUT2D eigenvalue weighted by Gasteiger charge is -2.39. The van der Waals surface area contributed by atoms with Crippen LogP contribution in [0, 0.1) is 5.92 Å². The fourth-order valence-corrected chi connectivity index (χ4v) is 2.57. The van der Waals surface area contributed by atoms with Gasteiger partial charge in [-0.25, -0.2) is 4.79 Å². The van der Waals surface area contributed by atoms with Crippen molar-refractivity contribution in [3.8, 4) is 0 Å². The Kier molecular flexibility index (Phi) is 5.75. The standard InChI is InChI=1S/C14H24N4O3/c1-5-11(19)17-7-6-8-18(9-17)14(21)16(4)12(10(2)3)13(15)20/h5,10,12H,1,6-9H2,2-4H3,(H2,15,20)/t12-/m0/s1. The van der Waals surface area contributed by atoms with E-state index in [-0.39, 0.29) is 24.5 Å². The third kappa shape index (κ3) is 3.96. The van der Waals surface area contributed by atoms with Gasteiger partial charge in [0.05, 0.1) is 6.67 Å². The van der Waals surface area contributed by atoms with Gasteiger partial charge >= 0.3 is 6.03 Å². The van der Waals surface area contributed by atoms with Crippen molar-refractivity contribution < 1.29 is 14.4 Å². The molecule has 0 unspecified atom stereocenters. The summed E-state index contributed by atoms with van der Waals surface area (Å²) in [4.78, 5) is 40.1. The first kappa shape index (κ1) is 17.0. The summed E-state index contributed by atoms with van der Waals surface area (Å²) in [6, 6.07) is -0.961. The van der Waals surface area contributed by atoms with E-state index in [4.69, 9.17) is 5.73 Å². The molecule has 7 heteroatoms. The smallest absolute Gasteiger partial charge is 0.321 e. The first-order chi connectivity index (χ1) is 9.79. The molecule has 0 aromatic rings. The van der Waals surface area contributed by atoms with Gasteiger partial charge in [0.15, 0.2) is 0 Å². The van der Waals surface area contributed by atoms with Crippen molar-refractivity contribution in [1.82, 2.24) is 14.7 Å². The van der Waals surface area contributed by atoms with E-state index in [1.807, 2.05) is 13.8 Å². The normalized spacial score (nSPS) is 16.6. The number of hydrogen-bond acceptors (Lipinski definition) is 3. The number of hydrogen-bond donors (Lipinski definition) is 1. The first-order valence-electron chi connectivity index (χ1n) is 7.02. The lowest BCUT2D eigenvalue weighted by molar-refractivity contribution is -0.129. The van der Waals surface area contributed by atoms with E-state index in [0.29, 0.717) is 19.5 Å². The highest BCUT2D eigenvalue weighted by Gasteiger charge is 2.32. The molecule has 1 rings (SSSR count). The summed E-state index contributed by atoms with van der Waals surface area (Å²) in [7, 11) is 1.56. The highest BCUT2D eigenvalue weighted by molar-refractivity contribution is 5.88. The molecule has 0 radical (unpaired) electrons. The number of nitrogens with zero attached hydrogens (tertiary/aromatic N) is 3. The Balaban J connectivity index is 2.79. The predicted molar refractivity (Wildman–Crippen MR) is 79.1 cm³/mol. The molecule has 0 aliphatic carbocycles. The number of nitrogens with two attached hydrogens (primary N) is 1. The molecule has 4 amide bonds. The van der Waals surface area contributed by atoms with E-state index in [2.05, 4.69) is 6.58 Å². The number of urea groups is 1. The van der Waals surface area contributed by atoms with Gasteiger partial charge in [-0.1, -0.05) is 20.4 Å². The molecule has 0 bridgehead atoms. The van der Waals surface area contributed by atoms with Crippen molar-refractivity contribution >= 4 is 17.8 Å². The summed E-state index contributed by atoms with van der Waals surface area (Å²) in [6.45, 7) is 8.48. The van der Waals surface area contributed by atoms with Crippen molar-refractivity contribution in [2.24, 2.45) is 11.7 Å². The molecule has 118 valence electrons. The Morgan fingerprint density at radius 1 is 1.24 bits per heavy atom. The van der Waals surface area contributed by atoms with Crippen LogP contribution >= 0.6 is 0 Å². The van der Waals surface area contributed by atoms with Gasteiger partial charge in [0, 0.05) is 20.1 Å². The van der Waals surface area contributed by atoms with Crippen LogP contribution in [-0.4, -0.2) is 65.4 Å². The lowest BCUT2D eigenvalue weighted by atomic mass is 10.0. The topological polar surface area (TPSA) is 87.0 Å². The zero-order valence-electron chi connectivity index (χ0n) is 12.9. The summed E-state index contributed by atoms with van der Waals surface area (Å²) in [5.41, 5.74) is 5.37. The maximum atomic E-state index is 12.5. The highest BCUT2D eigenvalue weighted by atomic mass is 16.2. The van der Waals surface area contributed by atoms with Crippen LogP contribution in [0.2, 0.25) is 0 Å². The molecule has 1 fully saturated rings. The lowest BCUT2D eigenvalue weighted by Crippen LogP contribution is -2.57. The Morgan fingerprint density at radius 2 is 1.81 bits per heavy atom. The highest BCUT2D eigenvalue weighted by Crippen LogP contribution is 2.14. The van der Waals surface area contributed by atoms with E-state index < -0.39 is 11.9 Å². The average Bonchev–Trinajstić information content (AvgIpc) is 2.44. The molecule has 2 N–H and O–H groups in total. The molecule has 0 aromatic heterocycles. The monoisotopic (exact) mass is 296 g/mol. The number of carbonyl (C=O) groups is 3. The van der Waals surface area contributed by atoms with E-state index in [0.717, 1.165) is 0 Å². The summed E-state index contributed by atoms with van der Waals surface area (Å²) in [6.07, 6.45) is 1.93. The van der Waals surface area contributed by atoms with Crippen LogP contribution in [0.15, 0.2) is 12.7 Å². The molecule has 21 heavy (non-hydrogen) atoms. The number of carbonyl (C=O) groups excluding carboxylic acids is 3. The van der Waals surface area contributed by atoms with Gasteiger partial charge in [0.25, 0.3) is 0 Å². The second-order valence-corrected chi connectivity index (χ2v) is 5.55. The maximum absolute atomic E-state index is 12.5. The van der Waals surface area contributed by atoms with Crippen LogP contribution in [-0.2, 0) is 9.59 Å². The Hall–Kier alpha value is -2.05. The van der Waals surface area contributed by atoms with Crippen molar-refractivity contribution in [2.45, 2.75) is 26.3 Å². The number of amides is 4. The van der Waals surface area contributed by atoms with Crippen LogP contribution in [0.5, 0.6) is 0 Å². The van der Waals surface area contributed by atoms with Crippen LogP contribution in [0.3, 0.4) is 0 Å². The minimum absolute atomic E-state index is 0.0767. The Labute approximate surface area is 125 Å². The summed E-state index contributed by atoms with van der Waals surface area (Å²) in [5, 5.41) is 0. The fourth-order valence-electron chi connectivity index (χ4n) is 2.57. The molecule has 1 atom stereocenters. The molecule has 1 aliphatic rings.